The van der Waals surface area contributed by atoms with Gasteiger partial charge in [0.1, 0.15) is 5.82 Å². The lowest BCUT2D eigenvalue weighted by Crippen LogP contribution is -2.23. The molecule has 6 nitrogen and oxygen atoms in total. The zero-order chi connectivity index (χ0) is 13.1. The van der Waals surface area contributed by atoms with Gasteiger partial charge in [0.05, 0.1) is 11.8 Å². The Morgan fingerprint density at radius 1 is 1.44 bits per heavy atom. The van der Waals surface area contributed by atoms with E-state index in [1.54, 1.807) is 30.2 Å². The van der Waals surface area contributed by atoms with Gasteiger partial charge in [-0.1, -0.05) is 0 Å². The van der Waals surface area contributed by atoms with Crippen LogP contribution in [0.2, 0.25) is 0 Å². The summed E-state index contributed by atoms with van der Waals surface area (Å²) in [6.45, 7) is 2.25. The smallest absolute Gasteiger partial charge is 0.253 e. The number of nitrogens with one attached hydrogen (secondary N) is 1. The molecular formula is C12H15N5O. The molecule has 2 heterocycles. The number of aryl methyl sites for hydroxylation is 2. The number of rotatable bonds is 3. The van der Waals surface area contributed by atoms with Gasteiger partial charge < -0.3 is 11.1 Å². The van der Waals surface area contributed by atoms with Crippen LogP contribution < -0.4 is 11.1 Å². The lowest BCUT2D eigenvalue weighted by atomic mass is 10.2. The first-order valence-corrected chi connectivity index (χ1v) is 5.54. The van der Waals surface area contributed by atoms with Crippen molar-refractivity contribution in [2.24, 2.45) is 7.05 Å². The average molecular weight is 245 g/mol. The standard InChI is InChI=1S/C12H15N5O/c1-8-3-9(5-14-4-8)12(18)15-6-10-7-16-17(2)11(10)13/h3-5,7H,6,13H2,1-2H3,(H,15,18). The monoisotopic (exact) mass is 245 g/mol. The second-order valence-corrected chi connectivity index (χ2v) is 4.11. The predicted octanol–water partition coefficient (Wildman–Crippen LogP) is 0.636. The van der Waals surface area contributed by atoms with Gasteiger partial charge in [-0.3, -0.25) is 14.5 Å². The molecule has 3 N–H and O–H groups in total. The van der Waals surface area contributed by atoms with Gasteiger partial charge in [0.25, 0.3) is 5.91 Å². The molecule has 0 aromatic carbocycles. The van der Waals surface area contributed by atoms with Crippen molar-refractivity contribution in [3.05, 3.63) is 41.3 Å². The van der Waals surface area contributed by atoms with E-state index in [1.165, 1.54) is 6.20 Å². The second kappa shape index (κ2) is 4.87. The van der Waals surface area contributed by atoms with Gasteiger partial charge in [0.2, 0.25) is 0 Å². The molecule has 0 saturated carbocycles. The molecule has 0 spiro atoms. The van der Waals surface area contributed by atoms with Crippen molar-refractivity contribution in [3.8, 4) is 0 Å². The summed E-state index contributed by atoms with van der Waals surface area (Å²) >= 11 is 0. The molecule has 6 heteroatoms. The lowest BCUT2D eigenvalue weighted by molar-refractivity contribution is 0.0950. The third kappa shape index (κ3) is 2.48. The van der Waals surface area contributed by atoms with Crippen molar-refractivity contribution in [2.45, 2.75) is 13.5 Å². The van der Waals surface area contributed by atoms with E-state index in [0.29, 0.717) is 17.9 Å². The quantitative estimate of drug-likeness (QED) is 0.830. The summed E-state index contributed by atoms with van der Waals surface area (Å²) < 4.78 is 1.57. The minimum atomic E-state index is -0.172. The summed E-state index contributed by atoms with van der Waals surface area (Å²) in [7, 11) is 1.76. The van der Waals surface area contributed by atoms with Gasteiger partial charge in [-0.05, 0) is 18.6 Å². The molecule has 0 bridgehead atoms. The van der Waals surface area contributed by atoms with Crippen LogP contribution in [0, 0.1) is 6.92 Å². The Labute approximate surface area is 105 Å². The summed E-state index contributed by atoms with van der Waals surface area (Å²) in [5, 5.41) is 6.79. The van der Waals surface area contributed by atoms with Crippen LogP contribution >= 0.6 is 0 Å². The summed E-state index contributed by atoms with van der Waals surface area (Å²) in [4.78, 5) is 15.8. The van der Waals surface area contributed by atoms with Crippen LogP contribution in [0.5, 0.6) is 0 Å². The molecule has 1 amide bonds. The lowest BCUT2D eigenvalue weighted by Gasteiger charge is -2.05. The Morgan fingerprint density at radius 3 is 2.83 bits per heavy atom. The number of anilines is 1. The third-order valence-corrected chi connectivity index (χ3v) is 2.64. The number of nitrogens with two attached hydrogens (primary N) is 1. The van der Waals surface area contributed by atoms with E-state index in [0.717, 1.165) is 11.1 Å². The number of nitrogens with zero attached hydrogens (tertiary/aromatic N) is 3. The van der Waals surface area contributed by atoms with Crippen molar-refractivity contribution in [3.63, 3.8) is 0 Å². The van der Waals surface area contributed by atoms with Crippen molar-refractivity contribution in [1.29, 1.82) is 0 Å². The maximum Gasteiger partial charge on any atom is 0.253 e. The fraction of sp³-hybridized carbons (Fsp3) is 0.250. The fourth-order valence-corrected chi connectivity index (χ4v) is 1.59. The molecule has 0 saturated heterocycles. The fourth-order valence-electron chi connectivity index (χ4n) is 1.59. The molecule has 0 radical (unpaired) electrons. The summed E-state index contributed by atoms with van der Waals surface area (Å²) in [5.41, 5.74) is 8.07. The Kier molecular flexibility index (Phi) is 3.27. The van der Waals surface area contributed by atoms with Crippen molar-refractivity contribution >= 4 is 11.7 Å². The van der Waals surface area contributed by atoms with Gasteiger partial charge in [-0.15, -0.1) is 0 Å². The minimum absolute atomic E-state index is 0.172. The average Bonchev–Trinajstić information content (AvgIpc) is 2.67. The number of carbonyl (C=O) groups is 1. The maximum atomic E-state index is 11.9. The van der Waals surface area contributed by atoms with Crippen LogP contribution in [0.25, 0.3) is 0 Å². The van der Waals surface area contributed by atoms with Crippen molar-refractivity contribution in [2.75, 3.05) is 5.73 Å². The molecule has 2 aromatic rings. The number of carbonyl (C=O) groups excluding carboxylic acids is 1. The summed E-state index contributed by atoms with van der Waals surface area (Å²) in [6.07, 6.45) is 4.88. The maximum absolute atomic E-state index is 11.9. The highest BCUT2D eigenvalue weighted by Crippen LogP contribution is 2.09. The highest BCUT2D eigenvalue weighted by Gasteiger charge is 2.09. The highest BCUT2D eigenvalue weighted by atomic mass is 16.1. The SMILES string of the molecule is Cc1cncc(C(=O)NCc2cnn(C)c2N)c1. The molecule has 18 heavy (non-hydrogen) atoms. The molecule has 0 unspecified atom stereocenters. The largest absolute Gasteiger partial charge is 0.384 e. The molecular weight excluding hydrogens is 230 g/mol. The van der Waals surface area contributed by atoms with Gasteiger partial charge in [-0.2, -0.15) is 5.10 Å². The van der Waals surface area contributed by atoms with E-state index in [1.807, 2.05) is 6.92 Å². The third-order valence-electron chi connectivity index (χ3n) is 2.64. The molecule has 0 atom stereocenters. The number of hydrogen-bond donors (Lipinski definition) is 2. The van der Waals surface area contributed by atoms with E-state index < -0.39 is 0 Å². The van der Waals surface area contributed by atoms with Crippen LogP contribution in [-0.4, -0.2) is 20.7 Å². The normalized spacial score (nSPS) is 10.3. The first-order chi connectivity index (χ1) is 8.58. The van der Waals surface area contributed by atoms with Crippen molar-refractivity contribution in [1.82, 2.24) is 20.1 Å². The molecule has 0 aliphatic heterocycles. The van der Waals surface area contributed by atoms with Crippen LogP contribution in [0.15, 0.2) is 24.7 Å². The van der Waals surface area contributed by atoms with E-state index >= 15 is 0 Å². The highest BCUT2D eigenvalue weighted by molar-refractivity contribution is 5.94. The topological polar surface area (TPSA) is 85.8 Å². The number of nitrogen functional groups attached to an aromatic ring is 1. The van der Waals surface area contributed by atoms with E-state index in [4.69, 9.17) is 5.73 Å². The van der Waals surface area contributed by atoms with Crippen LogP contribution in [0.4, 0.5) is 5.82 Å². The number of pyridine rings is 1. The van der Waals surface area contributed by atoms with Crippen molar-refractivity contribution < 1.29 is 4.79 Å². The Bertz CT molecular complexity index is 576. The molecule has 0 aliphatic rings. The van der Waals surface area contributed by atoms with Gasteiger partial charge >= 0.3 is 0 Å². The Morgan fingerprint density at radius 2 is 2.22 bits per heavy atom. The summed E-state index contributed by atoms with van der Waals surface area (Å²) in [6, 6.07) is 1.79. The van der Waals surface area contributed by atoms with E-state index in [2.05, 4.69) is 15.4 Å². The van der Waals surface area contributed by atoms with Gasteiger partial charge in [0, 0.05) is 31.5 Å². The van der Waals surface area contributed by atoms with Crippen LogP contribution in [0.1, 0.15) is 21.5 Å². The summed E-state index contributed by atoms with van der Waals surface area (Å²) in [5.74, 6) is 0.382. The Hall–Kier alpha value is -2.37. The first kappa shape index (κ1) is 12.1. The number of amides is 1. The minimum Gasteiger partial charge on any atom is -0.384 e. The predicted molar refractivity (Wildman–Crippen MR) is 67.8 cm³/mol. The number of aromatic nitrogens is 3. The molecule has 2 aromatic heterocycles. The molecule has 0 aliphatic carbocycles. The Balaban J connectivity index is 2.03. The second-order valence-electron chi connectivity index (χ2n) is 4.11. The molecule has 0 fully saturated rings. The van der Waals surface area contributed by atoms with Gasteiger partial charge in [-0.25, -0.2) is 0 Å². The van der Waals surface area contributed by atoms with E-state index in [9.17, 15) is 4.79 Å². The zero-order valence-corrected chi connectivity index (χ0v) is 10.3. The first-order valence-electron chi connectivity index (χ1n) is 5.54. The van der Waals surface area contributed by atoms with E-state index in [-0.39, 0.29) is 5.91 Å². The van der Waals surface area contributed by atoms with Crippen LogP contribution in [-0.2, 0) is 13.6 Å². The molecule has 2 rings (SSSR count). The van der Waals surface area contributed by atoms with Crippen LogP contribution in [0.3, 0.4) is 0 Å². The molecule has 94 valence electrons. The zero-order valence-electron chi connectivity index (χ0n) is 10.3. The number of hydrogen-bond acceptors (Lipinski definition) is 4. The van der Waals surface area contributed by atoms with Gasteiger partial charge in [0.15, 0.2) is 0 Å².